The topological polar surface area (TPSA) is 76.1 Å². The van der Waals surface area contributed by atoms with Crippen molar-refractivity contribution in [1.82, 2.24) is 4.90 Å². The van der Waals surface area contributed by atoms with Crippen molar-refractivity contribution in [3.63, 3.8) is 0 Å². The van der Waals surface area contributed by atoms with Crippen LogP contribution in [-0.2, 0) is 27.3 Å². The average molecular weight is 532 g/mol. The van der Waals surface area contributed by atoms with Crippen LogP contribution in [0.3, 0.4) is 0 Å². The lowest BCUT2D eigenvalue weighted by atomic mass is 9.87. The number of carbonyl (C=O) groups is 2. The SMILES string of the molecule is CCN(CCOC(=O)/C=C/c1ccc(OC(C)=O)cc1)Cc1cc(Br)cc(CC(C)(C)C)c1O. The summed E-state index contributed by atoms with van der Waals surface area (Å²) in [5.41, 5.74) is 2.62. The van der Waals surface area contributed by atoms with Crippen LogP contribution in [0.2, 0.25) is 0 Å². The Morgan fingerprint density at radius 3 is 2.35 bits per heavy atom. The number of phenols is 1. The minimum absolute atomic E-state index is 0.0616. The maximum Gasteiger partial charge on any atom is 0.330 e. The molecule has 0 unspecified atom stereocenters. The molecule has 0 aliphatic heterocycles. The van der Waals surface area contributed by atoms with Crippen LogP contribution in [-0.4, -0.2) is 41.6 Å². The van der Waals surface area contributed by atoms with E-state index in [0.29, 0.717) is 24.6 Å². The number of benzene rings is 2. The summed E-state index contributed by atoms with van der Waals surface area (Å²) in [5.74, 6) is -0.0311. The van der Waals surface area contributed by atoms with Gasteiger partial charge in [-0.05, 0) is 59.8 Å². The van der Waals surface area contributed by atoms with Gasteiger partial charge in [-0.2, -0.15) is 0 Å². The molecule has 2 rings (SSSR count). The van der Waals surface area contributed by atoms with Crippen LogP contribution in [0.1, 0.15) is 51.3 Å². The number of phenolic OH excluding ortho intramolecular Hbond substituents is 1. The minimum Gasteiger partial charge on any atom is -0.507 e. The zero-order valence-electron chi connectivity index (χ0n) is 20.6. The van der Waals surface area contributed by atoms with Crippen LogP contribution in [0.5, 0.6) is 11.5 Å². The lowest BCUT2D eigenvalue weighted by Crippen LogP contribution is -2.27. The first-order valence-corrected chi connectivity index (χ1v) is 12.1. The highest BCUT2D eigenvalue weighted by atomic mass is 79.9. The van der Waals surface area contributed by atoms with Gasteiger partial charge in [0.2, 0.25) is 0 Å². The van der Waals surface area contributed by atoms with Gasteiger partial charge in [0.1, 0.15) is 18.1 Å². The van der Waals surface area contributed by atoms with E-state index >= 15 is 0 Å². The molecule has 184 valence electrons. The first kappa shape index (κ1) is 27.6. The first-order valence-electron chi connectivity index (χ1n) is 11.3. The Bertz CT molecular complexity index is 1010. The van der Waals surface area contributed by atoms with Crippen LogP contribution in [0.15, 0.2) is 46.9 Å². The molecule has 0 aliphatic rings. The summed E-state index contributed by atoms with van der Waals surface area (Å²) >= 11 is 3.56. The Kier molecular flexibility index (Phi) is 10.3. The molecule has 2 aromatic carbocycles. The molecule has 0 spiro atoms. The zero-order chi connectivity index (χ0) is 25.3. The highest BCUT2D eigenvalue weighted by Gasteiger charge is 2.18. The number of aromatic hydroxyl groups is 1. The van der Waals surface area contributed by atoms with E-state index < -0.39 is 5.97 Å². The summed E-state index contributed by atoms with van der Waals surface area (Å²) in [6, 6.07) is 10.7. The summed E-state index contributed by atoms with van der Waals surface area (Å²) in [4.78, 5) is 25.2. The van der Waals surface area contributed by atoms with Crippen molar-refractivity contribution in [3.8, 4) is 11.5 Å². The van der Waals surface area contributed by atoms with E-state index in [0.717, 1.165) is 34.1 Å². The third-order valence-electron chi connectivity index (χ3n) is 5.00. The number of nitrogens with zero attached hydrogens (tertiary/aromatic N) is 1. The number of hydrogen-bond acceptors (Lipinski definition) is 6. The molecule has 1 N–H and O–H groups in total. The Morgan fingerprint density at radius 1 is 1.12 bits per heavy atom. The lowest BCUT2D eigenvalue weighted by Gasteiger charge is -2.23. The van der Waals surface area contributed by atoms with E-state index in [1.807, 2.05) is 19.1 Å². The molecule has 0 heterocycles. The van der Waals surface area contributed by atoms with Gasteiger partial charge >= 0.3 is 11.9 Å². The van der Waals surface area contributed by atoms with Crippen molar-refractivity contribution < 1.29 is 24.2 Å². The molecule has 2 aromatic rings. The van der Waals surface area contributed by atoms with Crippen molar-refractivity contribution in [2.24, 2.45) is 5.41 Å². The normalized spacial score (nSPS) is 11.7. The Hall–Kier alpha value is -2.64. The molecule has 34 heavy (non-hydrogen) atoms. The maximum absolute atomic E-state index is 12.1. The second-order valence-electron chi connectivity index (χ2n) is 9.34. The number of ether oxygens (including phenoxy) is 2. The largest absolute Gasteiger partial charge is 0.507 e. The van der Waals surface area contributed by atoms with E-state index in [2.05, 4.69) is 41.6 Å². The first-order chi connectivity index (χ1) is 16.0. The van der Waals surface area contributed by atoms with Crippen LogP contribution >= 0.6 is 15.9 Å². The Morgan fingerprint density at radius 2 is 1.76 bits per heavy atom. The van der Waals surface area contributed by atoms with Crippen molar-refractivity contribution in [2.45, 2.75) is 47.6 Å². The van der Waals surface area contributed by atoms with Gasteiger partial charge in [-0.1, -0.05) is 55.8 Å². The smallest absolute Gasteiger partial charge is 0.330 e. The Balaban J connectivity index is 1.89. The number of halogens is 1. The molecule has 0 radical (unpaired) electrons. The number of carbonyl (C=O) groups excluding carboxylic acids is 2. The fraction of sp³-hybridized carbons (Fsp3) is 0.407. The van der Waals surface area contributed by atoms with Gasteiger partial charge in [0, 0.05) is 36.1 Å². The number of hydrogen-bond donors (Lipinski definition) is 1. The maximum atomic E-state index is 12.1. The summed E-state index contributed by atoms with van der Waals surface area (Å²) in [6.45, 7) is 11.9. The third-order valence-corrected chi connectivity index (χ3v) is 5.46. The van der Waals surface area contributed by atoms with Gasteiger partial charge in [0.05, 0.1) is 0 Å². The molecule has 7 heteroatoms. The fourth-order valence-electron chi connectivity index (χ4n) is 3.43. The molecular weight excluding hydrogens is 498 g/mol. The van der Waals surface area contributed by atoms with E-state index in [1.54, 1.807) is 30.3 Å². The van der Waals surface area contributed by atoms with Crippen LogP contribution in [0, 0.1) is 5.41 Å². The fourth-order valence-corrected chi connectivity index (χ4v) is 3.99. The van der Waals surface area contributed by atoms with Gasteiger partial charge in [-0.15, -0.1) is 0 Å². The third kappa shape index (κ3) is 9.69. The Labute approximate surface area is 210 Å². The minimum atomic E-state index is -0.433. The molecule has 0 aliphatic carbocycles. The zero-order valence-corrected chi connectivity index (χ0v) is 22.1. The number of likely N-dealkylation sites (N-methyl/N-ethyl adjacent to an activating group) is 1. The standard InChI is InChI=1S/C27H34BrNO5/c1-6-29(18-22-16-23(28)15-21(26(22)32)17-27(3,4)5)13-14-33-25(31)12-9-20-7-10-24(11-8-20)34-19(2)30/h7-12,15-16,32H,6,13-14,17-18H2,1-5H3/b12-9+. The number of esters is 2. The molecule has 6 nitrogen and oxygen atoms in total. The molecule has 0 saturated carbocycles. The highest BCUT2D eigenvalue weighted by molar-refractivity contribution is 9.10. The van der Waals surface area contributed by atoms with Gasteiger partial charge < -0.3 is 14.6 Å². The summed E-state index contributed by atoms with van der Waals surface area (Å²) in [7, 11) is 0. The number of rotatable bonds is 10. The van der Waals surface area contributed by atoms with Crippen LogP contribution in [0.4, 0.5) is 0 Å². The quantitative estimate of drug-likeness (QED) is 0.239. The predicted octanol–water partition coefficient (Wildman–Crippen LogP) is 5.75. The van der Waals surface area contributed by atoms with E-state index in [1.165, 1.54) is 13.0 Å². The summed E-state index contributed by atoms with van der Waals surface area (Å²) in [6.07, 6.45) is 3.79. The molecule has 0 atom stereocenters. The average Bonchev–Trinajstić information content (AvgIpc) is 2.74. The monoisotopic (exact) mass is 531 g/mol. The molecule has 0 saturated heterocycles. The van der Waals surface area contributed by atoms with Crippen molar-refractivity contribution in [1.29, 1.82) is 0 Å². The summed E-state index contributed by atoms with van der Waals surface area (Å²) < 4.78 is 11.3. The van der Waals surface area contributed by atoms with Gasteiger partial charge in [-0.3, -0.25) is 9.69 Å². The predicted molar refractivity (Wildman–Crippen MR) is 138 cm³/mol. The van der Waals surface area contributed by atoms with E-state index in [9.17, 15) is 14.7 Å². The molecule has 0 fully saturated rings. The van der Waals surface area contributed by atoms with Gasteiger partial charge in [0.15, 0.2) is 0 Å². The van der Waals surface area contributed by atoms with E-state index in [4.69, 9.17) is 9.47 Å². The molecular formula is C27H34BrNO5. The van der Waals surface area contributed by atoms with Crippen molar-refractivity contribution in [2.75, 3.05) is 19.7 Å². The lowest BCUT2D eigenvalue weighted by molar-refractivity contribution is -0.138. The highest BCUT2D eigenvalue weighted by Crippen LogP contribution is 2.33. The summed E-state index contributed by atoms with van der Waals surface area (Å²) in [5, 5.41) is 10.8. The molecule has 0 bridgehead atoms. The second-order valence-corrected chi connectivity index (χ2v) is 10.3. The van der Waals surface area contributed by atoms with Gasteiger partial charge in [0.25, 0.3) is 0 Å². The molecule has 0 amide bonds. The van der Waals surface area contributed by atoms with Gasteiger partial charge in [-0.25, -0.2) is 4.79 Å². The van der Waals surface area contributed by atoms with Crippen molar-refractivity contribution in [3.05, 3.63) is 63.6 Å². The van der Waals surface area contributed by atoms with Crippen LogP contribution in [0.25, 0.3) is 6.08 Å². The molecule has 0 aromatic heterocycles. The second kappa shape index (κ2) is 12.7. The van der Waals surface area contributed by atoms with E-state index in [-0.39, 0.29) is 18.0 Å². The van der Waals surface area contributed by atoms with Crippen LogP contribution < -0.4 is 4.74 Å². The van der Waals surface area contributed by atoms with Crippen molar-refractivity contribution >= 4 is 33.9 Å².